The molecule has 0 aromatic rings. The number of Topliss-reactive ketones (excluding diaryl/α,β-unsaturated/α-hetero) is 1. The molecule has 1 aliphatic rings. The fourth-order valence-corrected chi connectivity index (χ4v) is 1.85. The van der Waals surface area contributed by atoms with E-state index in [1.807, 2.05) is 6.92 Å². The van der Waals surface area contributed by atoms with E-state index < -0.39 is 0 Å². The van der Waals surface area contributed by atoms with Crippen LogP contribution in [0.25, 0.3) is 0 Å². The molecule has 1 fully saturated rings. The molecule has 0 aliphatic heterocycles. The highest BCUT2D eigenvalue weighted by Gasteiger charge is 2.21. The van der Waals surface area contributed by atoms with Crippen LogP contribution in [0, 0.1) is 5.92 Å². The summed E-state index contributed by atoms with van der Waals surface area (Å²) in [6.45, 7) is 3.75. The zero-order valence-electron chi connectivity index (χ0n) is 7.39. The molecule has 0 radical (unpaired) electrons. The molecule has 1 nitrogen and oxygen atoms in total. The van der Waals surface area contributed by atoms with Crippen LogP contribution < -0.4 is 0 Å². The van der Waals surface area contributed by atoms with Crippen molar-refractivity contribution in [3.8, 4) is 0 Å². The van der Waals surface area contributed by atoms with Gasteiger partial charge in [0.1, 0.15) is 5.78 Å². The molecule has 1 rings (SSSR count). The first kappa shape index (κ1) is 8.51. The summed E-state index contributed by atoms with van der Waals surface area (Å²) in [5, 5.41) is 0. The normalized spacial score (nSPS) is 28.9. The summed E-state index contributed by atoms with van der Waals surface area (Å²) in [5.41, 5.74) is 1.36. The maximum atomic E-state index is 11.1. The Kier molecular flexibility index (Phi) is 2.86. The highest BCUT2D eigenvalue weighted by Crippen LogP contribution is 2.29. The van der Waals surface area contributed by atoms with Gasteiger partial charge in [0.2, 0.25) is 0 Å². The number of hydrogen-bond donors (Lipinski definition) is 0. The van der Waals surface area contributed by atoms with Crippen molar-refractivity contribution in [3.05, 3.63) is 11.6 Å². The Hall–Kier alpha value is -0.590. The first-order valence-corrected chi connectivity index (χ1v) is 4.41. The van der Waals surface area contributed by atoms with E-state index in [4.69, 9.17) is 0 Å². The number of hydrogen-bond acceptors (Lipinski definition) is 1. The molecule has 0 aromatic carbocycles. The zero-order valence-corrected chi connectivity index (χ0v) is 7.39. The predicted molar refractivity (Wildman–Crippen MR) is 46.4 cm³/mol. The number of carbonyl (C=O) groups is 1. The van der Waals surface area contributed by atoms with Crippen LogP contribution in [-0.4, -0.2) is 5.78 Å². The van der Waals surface area contributed by atoms with E-state index in [-0.39, 0.29) is 5.92 Å². The van der Waals surface area contributed by atoms with Gasteiger partial charge in [0, 0.05) is 5.92 Å². The van der Waals surface area contributed by atoms with E-state index in [1.54, 1.807) is 6.92 Å². The van der Waals surface area contributed by atoms with E-state index in [0.29, 0.717) is 5.78 Å². The minimum absolute atomic E-state index is 0.258. The van der Waals surface area contributed by atoms with Crippen LogP contribution in [0.3, 0.4) is 0 Å². The van der Waals surface area contributed by atoms with Gasteiger partial charge in [-0.2, -0.15) is 0 Å². The van der Waals surface area contributed by atoms with Gasteiger partial charge in [0.05, 0.1) is 0 Å². The number of rotatable bonds is 1. The fourth-order valence-electron chi connectivity index (χ4n) is 1.85. The highest BCUT2D eigenvalue weighted by molar-refractivity contribution is 5.81. The van der Waals surface area contributed by atoms with Crippen molar-refractivity contribution in [2.24, 2.45) is 5.92 Å². The Labute approximate surface area is 68.5 Å². The first-order chi connectivity index (χ1) is 5.25. The first-order valence-electron chi connectivity index (χ1n) is 4.41. The van der Waals surface area contributed by atoms with Gasteiger partial charge >= 0.3 is 0 Å². The Bertz CT molecular complexity index is 179. The lowest BCUT2D eigenvalue weighted by Gasteiger charge is -2.22. The van der Waals surface area contributed by atoms with Crippen LogP contribution in [-0.2, 0) is 4.79 Å². The fraction of sp³-hybridized carbons (Fsp3) is 0.700. The molecule has 1 saturated carbocycles. The van der Waals surface area contributed by atoms with Gasteiger partial charge in [0.15, 0.2) is 0 Å². The smallest absolute Gasteiger partial charge is 0.136 e. The standard InChI is InChI=1S/C10H16O/c1-3-9-6-4-5-7-10(9)8(2)11/h3,10H,4-7H2,1-2H3/b9-3-. The summed E-state index contributed by atoms with van der Waals surface area (Å²) < 4.78 is 0. The second-order valence-electron chi connectivity index (χ2n) is 3.27. The van der Waals surface area contributed by atoms with Crippen LogP contribution >= 0.6 is 0 Å². The van der Waals surface area contributed by atoms with Crippen LogP contribution in [0.2, 0.25) is 0 Å². The Morgan fingerprint density at radius 1 is 1.55 bits per heavy atom. The number of carbonyl (C=O) groups excluding carboxylic acids is 1. The lowest BCUT2D eigenvalue weighted by atomic mass is 9.82. The average Bonchev–Trinajstić information content (AvgIpc) is 2.04. The third kappa shape index (κ3) is 1.92. The van der Waals surface area contributed by atoms with Gasteiger partial charge in [-0.05, 0) is 33.1 Å². The van der Waals surface area contributed by atoms with Crippen LogP contribution in [0.4, 0.5) is 0 Å². The minimum Gasteiger partial charge on any atom is -0.299 e. The molecule has 1 aliphatic carbocycles. The molecular formula is C10H16O. The molecule has 0 saturated heterocycles. The lowest BCUT2D eigenvalue weighted by Crippen LogP contribution is -2.17. The molecular weight excluding hydrogens is 136 g/mol. The lowest BCUT2D eigenvalue weighted by molar-refractivity contribution is -0.120. The monoisotopic (exact) mass is 152 g/mol. The van der Waals surface area contributed by atoms with Crippen molar-refractivity contribution in [1.82, 2.24) is 0 Å². The van der Waals surface area contributed by atoms with E-state index in [2.05, 4.69) is 6.08 Å². The highest BCUT2D eigenvalue weighted by atomic mass is 16.1. The van der Waals surface area contributed by atoms with E-state index in [9.17, 15) is 4.79 Å². The molecule has 1 heteroatoms. The van der Waals surface area contributed by atoms with Crippen molar-refractivity contribution in [1.29, 1.82) is 0 Å². The molecule has 0 spiro atoms. The Morgan fingerprint density at radius 3 is 2.73 bits per heavy atom. The van der Waals surface area contributed by atoms with Gasteiger partial charge in [0.25, 0.3) is 0 Å². The third-order valence-electron chi connectivity index (χ3n) is 2.52. The summed E-state index contributed by atoms with van der Waals surface area (Å²) in [6.07, 6.45) is 6.83. The summed E-state index contributed by atoms with van der Waals surface area (Å²) in [7, 11) is 0. The molecule has 62 valence electrons. The molecule has 1 unspecified atom stereocenters. The maximum Gasteiger partial charge on any atom is 0.136 e. The predicted octanol–water partition coefficient (Wildman–Crippen LogP) is 2.71. The molecule has 0 heterocycles. The van der Waals surface area contributed by atoms with E-state index in [0.717, 1.165) is 12.8 Å². The number of ketones is 1. The second-order valence-corrected chi connectivity index (χ2v) is 3.27. The molecule has 1 atom stereocenters. The minimum atomic E-state index is 0.258. The Morgan fingerprint density at radius 2 is 2.27 bits per heavy atom. The SMILES string of the molecule is C/C=C1/CCCCC1C(C)=O. The van der Waals surface area contributed by atoms with Gasteiger partial charge < -0.3 is 0 Å². The Balaban J connectivity index is 2.67. The largest absolute Gasteiger partial charge is 0.299 e. The second kappa shape index (κ2) is 3.70. The molecule has 0 amide bonds. The van der Waals surface area contributed by atoms with Gasteiger partial charge in [-0.1, -0.05) is 18.1 Å². The van der Waals surface area contributed by atoms with Gasteiger partial charge in [-0.15, -0.1) is 0 Å². The maximum absolute atomic E-state index is 11.1. The summed E-state index contributed by atoms with van der Waals surface area (Å²) in [4.78, 5) is 11.1. The van der Waals surface area contributed by atoms with Crippen molar-refractivity contribution in [3.63, 3.8) is 0 Å². The van der Waals surface area contributed by atoms with E-state index >= 15 is 0 Å². The molecule has 0 aromatic heterocycles. The van der Waals surface area contributed by atoms with Crippen molar-refractivity contribution in [2.45, 2.75) is 39.5 Å². The van der Waals surface area contributed by atoms with Gasteiger partial charge in [-0.25, -0.2) is 0 Å². The molecule has 0 bridgehead atoms. The van der Waals surface area contributed by atoms with Crippen LogP contribution in [0.5, 0.6) is 0 Å². The summed E-state index contributed by atoms with van der Waals surface area (Å²) >= 11 is 0. The van der Waals surface area contributed by atoms with Crippen LogP contribution in [0.1, 0.15) is 39.5 Å². The van der Waals surface area contributed by atoms with Gasteiger partial charge in [-0.3, -0.25) is 4.79 Å². The topological polar surface area (TPSA) is 17.1 Å². The molecule has 11 heavy (non-hydrogen) atoms. The van der Waals surface area contributed by atoms with Crippen LogP contribution in [0.15, 0.2) is 11.6 Å². The average molecular weight is 152 g/mol. The summed E-state index contributed by atoms with van der Waals surface area (Å²) in [5.74, 6) is 0.603. The quantitative estimate of drug-likeness (QED) is 0.528. The van der Waals surface area contributed by atoms with Crippen molar-refractivity contribution >= 4 is 5.78 Å². The zero-order chi connectivity index (χ0) is 8.27. The van der Waals surface area contributed by atoms with E-state index in [1.165, 1.54) is 18.4 Å². The molecule has 0 N–H and O–H groups in total. The third-order valence-corrected chi connectivity index (χ3v) is 2.52. The number of allylic oxidation sites excluding steroid dienone is 2. The van der Waals surface area contributed by atoms with Crippen molar-refractivity contribution < 1.29 is 4.79 Å². The summed E-state index contributed by atoms with van der Waals surface area (Å²) in [6, 6.07) is 0. The van der Waals surface area contributed by atoms with Crippen molar-refractivity contribution in [2.75, 3.05) is 0 Å².